The van der Waals surface area contributed by atoms with E-state index in [0.29, 0.717) is 17.0 Å². The Morgan fingerprint density at radius 1 is 1.14 bits per heavy atom. The minimum absolute atomic E-state index is 0.0628. The normalized spacial score (nSPS) is 11.0. The van der Waals surface area contributed by atoms with Crippen molar-refractivity contribution in [3.63, 3.8) is 0 Å². The lowest BCUT2D eigenvalue weighted by atomic mass is 9.99. The third-order valence-corrected chi connectivity index (χ3v) is 4.82. The molecule has 0 spiro atoms. The van der Waals surface area contributed by atoms with Crippen molar-refractivity contribution >= 4 is 27.8 Å². The van der Waals surface area contributed by atoms with Crippen molar-refractivity contribution in [2.75, 3.05) is 14.2 Å². The van der Waals surface area contributed by atoms with Gasteiger partial charge in [0.2, 0.25) is 0 Å². The van der Waals surface area contributed by atoms with Crippen LogP contribution in [0, 0.1) is 0 Å². The lowest BCUT2D eigenvalue weighted by molar-refractivity contribution is 0.104. The van der Waals surface area contributed by atoms with Gasteiger partial charge >= 0.3 is 0 Å². The van der Waals surface area contributed by atoms with Crippen molar-refractivity contribution < 1.29 is 19.4 Å². The summed E-state index contributed by atoms with van der Waals surface area (Å²) in [6.45, 7) is 0. The van der Waals surface area contributed by atoms with Gasteiger partial charge in [0.1, 0.15) is 22.8 Å². The zero-order valence-electron chi connectivity index (χ0n) is 15.6. The lowest BCUT2D eigenvalue weighted by Gasteiger charge is -2.16. The number of aromatic nitrogens is 2. The van der Waals surface area contributed by atoms with Gasteiger partial charge in [-0.25, -0.2) is 0 Å². The van der Waals surface area contributed by atoms with Crippen molar-refractivity contribution in [3.8, 4) is 28.5 Å². The van der Waals surface area contributed by atoms with E-state index in [1.54, 1.807) is 36.1 Å². The smallest absolute Gasteiger partial charge is 0.193 e. The van der Waals surface area contributed by atoms with Gasteiger partial charge in [0.25, 0.3) is 0 Å². The average Bonchev–Trinajstić information content (AvgIpc) is 3.11. The second-order valence-corrected chi connectivity index (χ2v) is 6.88. The molecule has 0 bridgehead atoms. The average molecular weight is 443 g/mol. The third-order valence-electron chi connectivity index (χ3n) is 4.29. The molecule has 1 heterocycles. The lowest BCUT2D eigenvalue weighted by Crippen LogP contribution is -2.04. The Hall–Kier alpha value is -3.06. The number of carbonyl (C=O) groups is 1. The summed E-state index contributed by atoms with van der Waals surface area (Å²) in [5, 5.41) is 15.1. The van der Waals surface area contributed by atoms with E-state index in [4.69, 9.17) is 9.47 Å². The maximum Gasteiger partial charge on any atom is 0.193 e. The highest BCUT2D eigenvalue weighted by Crippen LogP contribution is 2.44. The SMILES string of the molecule is COc1cc(OC)c(-c2ccnn2C)c(O)c1C(=O)/C=C/c1ccc(Br)cc1. The first-order valence-corrected chi connectivity index (χ1v) is 9.19. The Balaban J connectivity index is 2.10. The fourth-order valence-electron chi connectivity index (χ4n) is 2.88. The quantitative estimate of drug-likeness (QED) is 0.450. The Morgan fingerprint density at radius 3 is 2.39 bits per heavy atom. The van der Waals surface area contributed by atoms with Crippen molar-refractivity contribution in [2.24, 2.45) is 7.05 Å². The number of phenols is 1. The second kappa shape index (κ2) is 8.31. The topological polar surface area (TPSA) is 73.6 Å². The molecule has 0 fully saturated rings. The summed E-state index contributed by atoms with van der Waals surface area (Å²) in [5.74, 6) is 0.00529. The molecule has 0 saturated carbocycles. The highest BCUT2D eigenvalue weighted by Gasteiger charge is 2.25. The molecule has 0 atom stereocenters. The number of benzene rings is 2. The van der Waals surface area contributed by atoms with E-state index in [9.17, 15) is 9.90 Å². The van der Waals surface area contributed by atoms with Crippen LogP contribution >= 0.6 is 15.9 Å². The summed E-state index contributed by atoms with van der Waals surface area (Å²) in [6, 6.07) is 10.8. The first-order valence-electron chi connectivity index (χ1n) is 8.40. The number of ether oxygens (including phenoxy) is 2. The van der Waals surface area contributed by atoms with Gasteiger partial charge in [-0.1, -0.05) is 34.1 Å². The Morgan fingerprint density at radius 2 is 1.82 bits per heavy atom. The van der Waals surface area contributed by atoms with Crippen LogP contribution in [0.15, 0.2) is 53.1 Å². The van der Waals surface area contributed by atoms with E-state index < -0.39 is 0 Å². The van der Waals surface area contributed by atoms with Crippen LogP contribution in [0.3, 0.4) is 0 Å². The third kappa shape index (κ3) is 3.80. The molecule has 0 amide bonds. The van der Waals surface area contributed by atoms with Gasteiger partial charge < -0.3 is 14.6 Å². The minimum atomic E-state index is -0.386. The predicted octanol–water partition coefficient (Wildman–Crippen LogP) is 4.47. The molecule has 3 rings (SSSR count). The van der Waals surface area contributed by atoms with Crippen molar-refractivity contribution in [1.29, 1.82) is 0 Å². The summed E-state index contributed by atoms with van der Waals surface area (Å²) in [6.07, 6.45) is 4.69. The van der Waals surface area contributed by atoms with Crippen LogP contribution in [0.5, 0.6) is 17.2 Å². The van der Waals surface area contributed by atoms with Crippen molar-refractivity contribution in [1.82, 2.24) is 9.78 Å². The van der Waals surface area contributed by atoms with Crippen LogP contribution in [0.2, 0.25) is 0 Å². The summed E-state index contributed by atoms with van der Waals surface area (Å²) < 4.78 is 13.3. The number of allylic oxidation sites excluding steroid dienone is 1. The summed E-state index contributed by atoms with van der Waals surface area (Å²) in [7, 11) is 4.67. The number of hydrogen-bond acceptors (Lipinski definition) is 5. The largest absolute Gasteiger partial charge is 0.506 e. The Bertz CT molecular complexity index is 1040. The van der Waals surface area contributed by atoms with E-state index in [0.717, 1.165) is 10.0 Å². The van der Waals surface area contributed by atoms with Crippen LogP contribution in [-0.4, -0.2) is 34.9 Å². The zero-order valence-corrected chi connectivity index (χ0v) is 17.2. The molecule has 3 aromatic rings. The number of nitrogens with zero attached hydrogens (tertiary/aromatic N) is 2. The van der Waals surface area contributed by atoms with E-state index in [2.05, 4.69) is 21.0 Å². The number of carbonyl (C=O) groups excluding carboxylic acids is 1. The zero-order chi connectivity index (χ0) is 20.3. The van der Waals surface area contributed by atoms with E-state index in [1.165, 1.54) is 20.3 Å². The molecule has 0 saturated heterocycles. The molecule has 1 aromatic heterocycles. The molecule has 28 heavy (non-hydrogen) atoms. The van der Waals surface area contributed by atoms with Gasteiger partial charge in [0.05, 0.1) is 25.5 Å². The molecular formula is C21H19BrN2O4. The molecule has 7 heteroatoms. The number of aromatic hydroxyl groups is 1. The highest BCUT2D eigenvalue weighted by molar-refractivity contribution is 9.10. The van der Waals surface area contributed by atoms with Gasteiger partial charge in [-0.3, -0.25) is 9.48 Å². The predicted molar refractivity (Wildman–Crippen MR) is 111 cm³/mol. The molecule has 0 aliphatic carbocycles. The fraction of sp³-hybridized carbons (Fsp3) is 0.143. The molecular weight excluding hydrogens is 424 g/mol. The number of rotatable bonds is 6. The minimum Gasteiger partial charge on any atom is -0.506 e. The van der Waals surface area contributed by atoms with Gasteiger partial charge in [-0.05, 0) is 29.8 Å². The van der Waals surface area contributed by atoms with Gasteiger partial charge in [0.15, 0.2) is 5.78 Å². The van der Waals surface area contributed by atoms with Crippen LogP contribution in [0.25, 0.3) is 17.3 Å². The van der Waals surface area contributed by atoms with Gasteiger partial charge in [-0.15, -0.1) is 0 Å². The number of methoxy groups -OCH3 is 2. The van der Waals surface area contributed by atoms with Crippen molar-refractivity contribution in [2.45, 2.75) is 0 Å². The van der Waals surface area contributed by atoms with E-state index in [1.807, 2.05) is 24.3 Å². The first kappa shape index (κ1) is 19.7. The number of hydrogen-bond donors (Lipinski definition) is 1. The molecule has 1 N–H and O–H groups in total. The summed E-state index contributed by atoms with van der Waals surface area (Å²) in [5.41, 5.74) is 1.91. The summed E-state index contributed by atoms with van der Waals surface area (Å²) >= 11 is 3.38. The number of phenolic OH excluding ortho intramolecular Hbond substituents is 1. The maximum atomic E-state index is 12.9. The van der Waals surface area contributed by atoms with Gasteiger partial charge in [-0.2, -0.15) is 5.10 Å². The van der Waals surface area contributed by atoms with Crippen LogP contribution in [-0.2, 0) is 7.05 Å². The molecule has 0 aliphatic rings. The maximum absolute atomic E-state index is 12.9. The summed E-state index contributed by atoms with van der Waals surface area (Å²) in [4.78, 5) is 12.9. The first-order chi connectivity index (χ1) is 13.5. The molecule has 0 aliphatic heterocycles. The number of aryl methyl sites for hydroxylation is 1. The second-order valence-electron chi connectivity index (χ2n) is 5.97. The van der Waals surface area contributed by atoms with Crippen molar-refractivity contribution in [3.05, 3.63) is 64.3 Å². The fourth-order valence-corrected chi connectivity index (χ4v) is 3.14. The molecule has 0 unspecified atom stereocenters. The number of ketones is 1. The molecule has 144 valence electrons. The molecule has 2 aromatic carbocycles. The standard InChI is InChI=1S/C21H19BrN2O4/c1-24-15(10-11-23-24)19-17(27-2)12-18(28-3)20(21(19)26)16(25)9-6-13-4-7-14(22)8-5-13/h4-12,26H,1-3H3/b9-6+. The monoisotopic (exact) mass is 442 g/mol. The highest BCUT2D eigenvalue weighted by atomic mass is 79.9. The van der Waals surface area contributed by atoms with Crippen LogP contribution < -0.4 is 9.47 Å². The van der Waals surface area contributed by atoms with Crippen LogP contribution in [0.1, 0.15) is 15.9 Å². The molecule has 6 nitrogen and oxygen atoms in total. The number of halogens is 1. The van der Waals surface area contributed by atoms with E-state index >= 15 is 0 Å². The van der Waals surface area contributed by atoms with E-state index in [-0.39, 0.29) is 22.8 Å². The Kier molecular flexibility index (Phi) is 5.84. The van der Waals surface area contributed by atoms with Crippen LogP contribution in [0.4, 0.5) is 0 Å². The molecule has 0 radical (unpaired) electrons. The Labute approximate surface area is 171 Å². The van der Waals surface area contributed by atoms with Gasteiger partial charge in [0, 0.05) is 23.8 Å².